The first-order valence-electron chi connectivity index (χ1n) is 4.26. The minimum atomic E-state index is -4.48. The lowest BCUT2D eigenvalue weighted by Gasteiger charge is -2.16. The van der Waals surface area contributed by atoms with Gasteiger partial charge in [-0.1, -0.05) is 19.9 Å². The second-order valence-corrected chi connectivity index (χ2v) is 5.26. The van der Waals surface area contributed by atoms with Gasteiger partial charge in [-0.2, -0.15) is 13.2 Å². The molecule has 1 unspecified atom stereocenters. The Balaban J connectivity index is 4.20. The third-order valence-corrected chi connectivity index (χ3v) is 3.46. The normalized spacial score (nSPS) is 16.3. The molecule has 0 aromatic rings. The van der Waals surface area contributed by atoms with Crippen molar-refractivity contribution in [2.45, 2.75) is 25.9 Å². The van der Waals surface area contributed by atoms with Crippen LogP contribution in [0.25, 0.3) is 0 Å². The predicted octanol–water partition coefficient (Wildman–Crippen LogP) is 3.79. The van der Waals surface area contributed by atoms with Crippen molar-refractivity contribution in [3.8, 4) is 0 Å². The highest BCUT2D eigenvalue weighted by Gasteiger charge is 2.37. The molecule has 0 radical (unpaired) electrons. The Kier molecular flexibility index (Phi) is 5.45. The van der Waals surface area contributed by atoms with Crippen molar-refractivity contribution >= 4 is 7.37 Å². The summed E-state index contributed by atoms with van der Waals surface area (Å²) in [4.78, 5) is 0. The van der Waals surface area contributed by atoms with E-state index >= 15 is 0 Å². The first-order valence-corrected chi connectivity index (χ1v) is 6.14. The summed E-state index contributed by atoms with van der Waals surface area (Å²) in [6.45, 7) is 5.05. The number of alkyl halides is 3. The molecular formula is C8H14F3O2P. The highest BCUT2D eigenvalue weighted by molar-refractivity contribution is 7.62. The van der Waals surface area contributed by atoms with E-state index in [2.05, 4.69) is 6.58 Å². The maximum absolute atomic E-state index is 11.9. The Bertz CT molecular complexity index is 225. The van der Waals surface area contributed by atoms with Crippen molar-refractivity contribution in [3.05, 3.63) is 12.4 Å². The summed E-state index contributed by atoms with van der Waals surface area (Å²) >= 11 is 0. The zero-order valence-corrected chi connectivity index (χ0v) is 8.90. The molecule has 0 aromatic heterocycles. The topological polar surface area (TPSA) is 26.3 Å². The molecule has 2 nitrogen and oxygen atoms in total. The van der Waals surface area contributed by atoms with E-state index in [0.717, 1.165) is 12.2 Å². The number of hydrogen-bond acceptors (Lipinski definition) is 2. The summed E-state index contributed by atoms with van der Waals surface area (Å²) in [6.07, 6.45) is -4.53. The van der Waals surface area contributed by atoms with E-state index in [0.29, 0.717) is 6.42 Å². The van der Waals surface area contributed by atoms with E-state index in [1.54, 1.807) is 0 Å². The summed E-state index contributed by atoms with van der Waals surface area (Å²) < 4.78 is 52.0. The van der Waals surface area contributed by atoms with E-state index in [9.17, 15) is 17.7 Å². The number of halogens is 3. The van der Waals surface area contributed by atoms with Crippen LogP contribution in [0.5, 0.6) is 0 Å². The fraction of sp³-hybridized carbons (Fsp3) is 0.750. The van der Waals surface area contributed by atoms with Gasteiger partial charge < -0.3 is 4.52 Å². The number of hydrogen-bond donors (Lipinski definition) is 0. The van der Waals surface area contributed by atoms with Gasteiger partial charge in [-0.25, -0.2) is 0 Å². The number of unbranched alkanes of at least 4 members (excludes halogenated alkanes) is 1. The van der Waals surface area contributed by atoms with Gasteiger partial charge in [0, 0.05) is 0 Å². The second kappa shape index (κ2) is 5.56. The second-order valence-electron chi connectivity index (χ2n) is 2.87. The van der Waals surface area contributed by atoms with Gasteiger partial charge in [0.05, 0.1) is 6.61 Å². The molecule has 84 valence electrons. The lowest BCUT2D eigenvalue weighted by molar-refractivity contribution is -0.108. The van der Waals surface area contributed by atoms with Crippen molar-refractivity contribution in [1.82, 2.24) is 0 Å². The Morgan fingerprint density at radius 3 is 2.43 bits per heavy atom. The maximum atomic E-state index is 11.9. The van der Waals surface area contributed by atoms with Gasteiger partial charge in [-0.15, -0.1) is 0 Å². The molecular weight excluding hydrogens is 216 g/mol. The zero-order valence-electron chi connectivity index (χ0n) is 8.01. The van der Waals surface area contributed by atoms with Crippen LogP contribution in [0, 0.1) is 0 Å². The maximum Gasteiger partial charge on any atom is 0.398 e. The highest BCUT2D eigenvalue weighted by Crippen LogP contribution is 2.51. The molecule has 0 bridgehead atoms. The Morgan fingerprint density at radius 2 is 2.07 bits per heavy atom. The molecule has 0 saturated carbocycles. The van der Waals surface area contributed by atoms with E-state index in [1.807, 2.05) is 6.92 Å². The highest BCUT2D eigenvalue weighted by atomic mass is 31.2. The Hall–Kier alpha value is -0.280. The van der Waals surface area contributed by atoms with Crippen LogP contribution in [0.15, 0.2) is 12.4 Å². The zero-order chi connectivity index (χ0) is 11.2. The van der Waals surface area contributed by atoms with Crippen LogP contribution < -0.4 is 0 Å². The average molecular weight is 230 g/mol. The standard InChI is InChI=1S/C8H14F3O2P/c1-3-5-6-13-14(12,4-2)7-8(9,10)11/h4H,2-3,5-7H2,1H3. The predicted molar refractivity (Wildman–Crippen MR) is 49.6 cm³/mol. The minimum absolute atomic E-state index is 0.0792. The summed E-state index contributed by atoms with van der Waals surface area (Å²) in [5.74, 6) is 0.774. The van der Waals surface area contributed by atoms with Crippen LogP contribution in [0.1, 0.15) is 19.8 Å². The fourth-order valence-corrected chi connectivity index (χ4v) is 2.04. The van der Waals surface area contributed by atoms with Gasteiger partial charge >= 0.3 is 6.18 Å². The van der Waals surface area contributed by atoms with Crippen LogP contribution in [0.4, 0.5) is 13.2 Å². The molecule has 14 heavy (non-hydrogen) atoms. The van der Waals surface area contributed by atoms with Crippen molar-refractivity contribution in [3.63, 3.8) is 0 Å². The molecule has 0 aliphatic heterocycles. The largest absolute Gasteiger partial charge is 0.398 e. The summed E-state index contributed by atoms with van der Waals surface area (Å²) in [5, 5.41) is 0. The van der Waals surface area contributed by atoms with Crippen molar-refractivity contribution in [1.29, 1.82) is 0 Å². The molecule has 0 aromatic carbocycles. The first kappa shape index (κ1) is 13.7. The van der Waals surface area contributed by atoms with Crippen molar-refractivity contribution in [2.24, 2.45) is 0 Å². The molecule has 6 heteroatoms. The van der Waals surface area contributed by atoms with E-state index in [-0.39, 0.29) is 6.61 Å². The molecule has 0 amide bonds. The molecule has 0 rings (SSSR count). The SMILES string of the molecule is C=CP(=O)(CC(F)(F)F)OCCCC. The van der Waals surface area contributed by atoms with E-state index in [4.69, 9.17) is 4.52 Å². The number of rotatable bonds is 6. The van der Waals surface area contributed by atoms with Gasteiger partial charge in [0.25, 0.3) is 0 Å². The van der Waals surface area contributed by atoms with Crippen LogP contribution in [0.3, 0.4) is 0 Å². The van der Waals surface area contributed by atoms with Gasteiger partial charge in [0.2, 0.25) is 7.37 Å². The molecule has 0 N–H and O–H groups in total. The van der Waals surface area contributed by atoms with Crippen LogP contribution in [0.2, 0.25) is 0 Å². The smallest absolute Gasteiger partial charge is 0.325 e. The van der Waals surface area contributed by atoms with E-state index < -0.39 is 19.7 Å². The first-order chi connectivity index (χ1) is 6.33. The lowest BCUT2D eigenvalue weighted by Crippen LogP contribution is -2.15. The minimum Gasteiger partial charge on any atom is -0.325 e. The lowest BCUT2D eigenvalue weighted by atomic mass is 10.4. The van der Waals surface area contributed by atoms with Crippen LogP contribution >= 0.6 is 7.37 Å². The third-order valence-electron chi connectivity index (χ3n) is 1.49. The molecule has 0 fully saturated rings. The van der Waals surface area contributed by atoms with Crippen LogP contribution in [-0.4, -0.2) is 18.9 Å². The summed E-state index contributed by atoms with van der Waals surface area (Å²) in [7, 11) is -3.71. The molecule has 0 saturated heterocycles. The van der Waals surface area contributed by atoms with Crippen molar-refractivity contribution in [2.75, 3.05) is 12.8 Å². The molecule has 0 spiro atoms. The van der Waals surface area contributed by atoms with Gasteiger partial charge in [-0.05, 0) is 12.2 Å². The Morgan fingerprint density at radius 1 is 1.50 bits per heavy atom. The fourth-order valence-electron chi connectivity index (χ4n) is 0.776. The van der Waals surface area contributed by atoms with Crippen LogP contribution in [-0.2, 0) is 9.09 Å². The van der Waals surface area contributed by atoms with E-state index in [1.165, 1.54) is 0 Å². The van der Waals surface area contributed by atoms with Crippen molar-refractivity contribution < 1.29 is 22.3 Å². The Labute approximate surface area is 81.6 Å². The third kappa shape index (κ3) is 6.22. The summed E-state index contributed by atoms with van der Waals surface area (Å²) in [6, 6.07) is 0. The van der Waals surface area contributed by atoms with Gasteiger partial charge in [-0.3, -0.25) is 4.57 Å². The summed E-state index contributed by atoms with van der Waals surface area (Å²) in [5.41, 5.74) is 0. The molecule has 0 heterocycles. The molecule has 0 aliphatic carbocycles. The molecule has 0 aliphatic rings. The molecule has 1 atom stereocenters. The monoisotopic (exact) mass is 230 g/mol. The van der Waals surface area contributed by atoms with Gasteiger partial charge in [0.15, 0.2) is 0 Å². The quantitative estimate of drug-likeness (QED) is 0.512. The average Bonchev–Trinajstić information content (AvgIpc) is 2.02. The van der Waals surface area contributed by atoms with Gasteiger partial charge in [0.1, 0.15) is 6.16 Å².